The second-order valence-electron chi connectivity index (χ2n) is 9.99. The van der Waals surface area contributed by atoms with Crippen molar-refractivity contribution in [1.29, 1.82) is 5.26 Å². The van der Waals surface area contributed by atoms with Crippen LogP contribution in [0.4, 0.5) is 0 Å². The number of benzene rings is 1. The number of hydrogen-bond acceptors (Lipinski definition) is 6. The molecule has 0 amide bonds. The summed E-state index contributed by atoms with van der Waals surface area (Å²) in [7, 11) is 0. The Morgan fingerprint density at radius 3 is 2.49 bits per heavy atom. The molecule has 2 heterocycles. The van der Waals surface area contributed by atoms with Crippen LogP contribution in [0.5, 0.6) is 0 Å². The highest BCUT2D eigenvalue weighted by Crippen LogP contribution is 2.55. The SMILES string of the molecule is N#Cc1ccnc([C@]2(O)[C@@H]3CC[C@H]2C[C@H](OCc2c(-c4c(Cl)cccc4Cl)noc2C2CC2)C3)c1. The molecule has 3 fully saturated rings. The molecule has 6 nitrogen and oxygen atoms in total. The summed E-state index contributed by atoms with van der Waals surface area (Å²) in [5.41, 5.74) is 2.35. The van der Waals surface area contributed by atoms with E-state index < -0.39 is 5.60 Å². The number of ether oxygens (including phenoxy) is 1. The zero-order chi connectivity index (χ0) is 24.2. The average molecular weight is 510 g/mol. The maximum absolute atomic E-state index is 11.7. The van der Waals surface area contributed by atoms with Crippen LogP contribution in [-0.4, -0.2) is 21.4 Å². The van der Waals surface area contributed by atoms with E-state index in [1.54, 1.807) is 30.5 Å². The summed E-state index contributed by atoms with van der Waals surface area (Å²) in [6, 6.07) is 11.0. The number of rotatable bonds is 6. The third-order valence-electron chi connectivity index (χ3n) is 7.93. The molecule has 0 radical (unpaired) electrons. The van der Waals surface area contributed by atoms with Gasteiger partial charge in [0.1, 0.15) is 17.1 Å². The molecule has 3 aliphatic carbocycles. The standard InChI is InChI=1S/C27H25Cl2N3O3/c28-21-2-1-3-22(29)24(21)25-20(26(35-32-25)16-4-5-16)14-34-19-11-17-6-7-18(12-19)27(17,33)23-10-15(13-30)8-9-31-23/h1-3,8-10,16-19,33H,4-7,11-12,14H2/t17-,18+,19-,27+. The second kappa shape index (κ2) is 8.90. The molecule has 3 saturated carbocycles. The second-order valence-corrected chi connectivity index (χ2v) is 10.8. The monoisotopic (exact) mass is 509 g/mol. The number of halogens is 2. The largest absolute Gasteiger partial charge is 0.383 e. The first kappa shape index (κ1) is 23.0. The normalized spacial score (nSPS) is 27.7. The van der Waals surface area contributed by atoms with Crippen LogP contribution in [0, 0.1) is 23.2 Å². The van der Waals surface area contributed by atoms with Crippen molar-refractivity contribution in [2.45, 2.75) is 62.8 Å². The van der Waals surface area contributed by atoms with Gasteiger partial charge >= 0.3 is 0 Å². The minimum atomic E-state index is -1.01. The lowest BCUT2D eigenvalue weighted by atomic mass is 9.71. The third-order valence-corrected chi connectivity index (χ3v) is 8.56. The predicted molar refractivity (Wildman–Crippen MR) is 131 cm³/mol. The van der Waals surface area contributed by atoms with E-state index in [4.69, 9.17) is 32.5 Å². The molecule has 6 rings (SSSR count). The molecular weight excluding hydrogens is 485 g/mol. The molecule has 0 spiro atoms. The number of hydrogen-bond donors (Lipinski definition) is 1. The van der Waals surface area contributed by atoms with Crippen LogP contribution >= 0.6 is 23.2 Å². The molecule has 4 atom stereocenters. The van der Waals surface area contributed by atoms with Crippen molar-refractivity contribution in [3.8, 4) is 17.3 Å². The van der Waals surface area contributed by atoms with E-state index in [0.29, 0.717) is 45.1 Å². The predicted octanol–water partition coefficient (Wildman–Crippen LogP) is 6.39. The Balaban J connectivity index is 1.23. The van der Waals surface area contributed by atoms with Crippen molar-refractivity contribution in [3.05, 3.63) is 69.2 Å². The Morgan fingerprint density at radius 2 is 1.83 bits per heavy atom. The van der Waals surface area contributed by atoms with Crippen LogP contribution in [-0.2, 0) is 16.9 Å². The highest BCUT2D eigenvalue weighted by atomic mass is 35.5. The maximum Gasteiger partial charge on any atom is 0.145 e. The molecule has 0 unspecified atom stereocenters. The lowest BCUT2D eigenvalue weighted by Gasteiger charge is -2.42. The van der Waals surface area contributed by atoms with Crippen LogP contribution in [0.25, 0.3) is 11.3 Å². The first-order chi connectivity index (χ1) is 17.0. The van der Waals surface area contributed by atoms with Crippen LogP contribution in [0.1, 0.15) is 67.0 Å². The fraction of sp³-hybridized carbons (Fsp3) is 0.444. The molecule has 1 aromatic carbocycles. The van der Waals surface area contributed by atoms with Crippen LogP contribution in [0.2, 0.25) is 10.0 Å². The van der Waals surface area contributed by atoms with Gasteiger partial charge in [0, 0.05) is 23.2 Å². The number of nitriles is 1. The Kier molecular flexibility index (Phi) is 5.85. The molecule has 2 bridgehead atoms. The molecule has 3 aliphatic rings. The Morgan fingerprint density at radius 1 is 1.11 bits per heavy atom. The zero-order valence-corrected chi connectivity index (χ0v) is 20.6. The molecular formula is C27H25Cl2N3O3. The van der Waals surface area contributed by atoms with Crippen molar-refractivity contribution in [2.24, 2.45) is 11.8 Å². The minimum Gasteiger partial charge on any atom is -0.383 e. The van der Waals surface area contributed by atoms with Gasteiger partial charge in [-0.3, -0.25) is 4.98 Å². The first-order valence-corrected chi connectivity index (χ1v) is 12.9. The number of pyridine rings is 1. The quantitative estimate of drug-likeness (QED) is 0.414. The van der Waals surface area contributed by atoms with E-state index in [2.05, 4.69) is 16.2 Å². The van der Waals surface area contributed by atoms with Crippen molar-refractivity contribution in [3.63, 3.8) is 0 Å². The van der Waals surface area contributed by atoms with E-state index in [-0.39, 0.29) is 17.9 Å². The van der Waals surface area contributed by atoms with E-state index >= 15 is 0 Å². The summed E-state index contributed by atoms with van der Waals surface area (Å²) >= 11 is 13.0. The number of aromatic nitrogens is 2. The Hall–Kier alpha value is -2.43. The molecule has 0 saturated heterocycles. The van der Waals surface area contributed by atoms with Gasteiger partial charge in [0.15, 0.2) is 0 Å². The average Bonchev–Trinajstić information content (AvgIpc) is 3.60. The molecule has 3 aromatic rings. The number of aliphatic hydroxyl groups is 1. The molecule has 1 N–H and O–H groups in total. The van der Waals surface area contributed by atoms with Crippen LogP contribution in [0.15, 0.2) is 41.1 Å². The first-order valence-electron chi connectivity index (χ1n) is 12.1. The summed E-state index contributed by atoms with van der Waals surface area (Å²) in [6.45, 7) is 0.358. The van der Waals surface area contributed by atoms with Crippen molar-refractivity contribution < 1.29 is 14.4 Å². The summed E-state index contributed by atoms with van der Waals surface area (Å²) in [5, 5.41) is 26.4. The maximum atomic E-state index is 11.7. The fourth-order valence-electron chi connectivity index (χ4n) is 6.02. The van der Waals surface area contributed by atoms with Gasteiger partial charge in [-0.05, 0) is 74.6 Å². The van der Waals surface area contributed by atoms with E-state index in [1.807, 2.05) is 6.07 Å². The van der Waals surface area contributed by atoms with Gasteiger partial charge < -0.3 is 14.4 Å². The molecule has 8 heteroatoms. The van der Waals surface area contributed by atoms with Crippen LogP contribution in [0.3, 0.4) is 0 Å². The molecule has 180 valence electrons. The summed E-state index contributed by atoms with van der Waals surface area (Å²) in [5.74, 6) is 1.30. The van der Waals surface area contributed by atoms with Gasteiger partial charge in [-0.25, -0.2) is 0 Å². The van der Waals surface area contributed by atoms with Crippen molar-refractivity contribution in [1.82, 2.24) is 10.1 Å². The van der Waals surface area contributed by atoms with Crippen LogP contribution < -0.4 is 0 Å². The van der Waals surface area contributed by atoms with Gasteiger partial charge in [0.05, 0.1) is 40.1 Å². The van der Waals surface area contributed by atoms with Gasteiger partial charge in [-0.2, -0.15) is 5.26 Å². The smallest absolute Gasteiger partial charge is 0.145 e. The number of nitrogens with zero attached hydrogens (tertiary/aromatic N) is 3. The van der Waals surface area contributed by atoms with Crippen molar-refractivity contribution >= 4 is 23.2 Å². The van der Waals surface area contributed by atoms with E-state index in [0.717, 1.165) is 49.8 Å². The highest BCUT2D eigenvalue weighted by molar-refractivity contribution is 6.39. The Bertz CT molecular complexity index is 1280. The molecule has 0 aliphatic heterocycles. The van der Waals surface area contributed by atoms with E-state index in [1.165, 1.54) is 0 Å². The highest BCUT2D eigenvalue weighted by Gasteiger charge is 2.55. The van der Waals surface area contributed by atoms with E-state index in [9.17, 15) is 10.4 Å². The van der Waals surface area contributed by atoms with Crippen molar-refractivity contribution in [2.75, 3.05) is 0 Å². The minimum absolute atomic E-state index is 0.00319. The molecule has 35 heavy (non-hydrogen) atoms. The zero-order valence-electron chi connectivity index (χ0n) is 19.1. The van der Waals surface area contributed by atoms with Gasteiger partial charge in [0.25, 0.3) is 0 Å². The third kappa shape index (κ3) is 3.95. The lowest BCUT2D eigenvalue weighted by molar-refractivity contribution is -0.118. The summed E-state index contributed by atoms with van der Waals surface area (Å²) in [4.78, 5) is 4.45. The fourth-order valence-corrected chi connectivity index (χ4v) is 6.60. The topological polar surface area (TPSA) is 92.2 Å². The lowest BCUT2D eigenvalue weighted by Crippen LogP contribution is -2.45. The Labute approximate surface area is 213 Å². The summed E-state index contributed by atoms with van der Waals surface area (Å²) < 4.78 is 12.2. The van der Waals surface area contributed by atoms with Gasteiger partial charge in [0.2, 0.25) is 0 Å². The van der Waals surface area contributed by atoms with Gasteiger partial charge in [-0.15, -0.1) is 0 Å². The van der Waals surface area contributed by atoms with Gasteiger partial charge in [-0.1, -0.05) is 34.4 Å². The number of fused-ring (bicyclic) bond motifs is 2. The molecule has 2 aromatic heterocycles. The summed E-state index contributed by atoms with van der Waals surface area (Å²) in [6.07, 6.45) is 7.07.